The van der Waals surface area contributed by atoms with Crippen molar-refractivity contribution in [3.8, 4) is 0 Å². The van der Waals surface area contributed by atoms with E-state index in [1.54, 1.807) is 0 Å². The van der Waals surface area contributed by atoms with Crippen LogP contribution in [0, 0.1) is 12.8 Å². The van der Waals surface area contributed by atoms with Crippen molar-refractivity contribution >= 4 is 5.91 Å². The molecule has 24 heavy (non-hydrogen) atoms. The molecule has 5 heteroatoms. The SMILES string of the molecule is Cc1ccc(C(NC(=O)CN2CCn3ccnc3C2)C2CC2)cc1. The number of nitrogens with zero attached hydrogens (tertiary/aromatic N) is 3. The highest BCUT2D eigenvalue weighted by Gasteiger charge is 2.33. The first-order valence-corrected chi connectivity index (χ1v) is 8.77. The summed E-state index contributed by atoms with van der Waals surface area (Å²) in [6, 6.07) is 8.71. The van der Waals surface area contributed by atoms with E-state index in [4.69, 9.17) is 0 Å². The lowest BCUT2D eigenvalue weighted by molar-refractivity contribution is -0.123. The van der Waals surface area contributed by atoms with Crippen molar-refractivity contribution in [1.82, 2.24) is 19.8 Å². The van der Waals surface area contributed by atoms with E-state index in [9.17, 15) is 4.79 Å². The molecule has 1 atom stereocenters. The second-order valence-corrected chi connectivity index (χ2v) is 7.04. The van der Waals surface area contributed by atoms with Gasteiger partial charge in [-0.2, -0.15) is 0 Å². The van der Waals surface area contributed by atoms with Crippen molar-refractivity contribution in [2.24, 2.45) is 5.92 Å². The van der Waals surface area contributed by atoms with Crippen LogP contribution in [-0.4, -0.2) is 33.4 Å². The van der Waals surface area contributed by atoms with Crippen LogP contribution in [0.1, 0.15) is 35.8 Å². The summed E-state index contributed by atoms with van der Waals surface area (Å²) in [5.41, 5.74) is 2.48. The Morgan fingerprint density at radius 2 is 2.08 bits per heavy atom. The first kappa shape index (κ1) is 15.4. The van der Waals surface area contributed by atoms with Crippen LogP contribution >= 0.6 is 0 Å². The quantitative estimate of drug-likeness (QED) is 0.918. The van der Waals surface area contributed by atoms with Crippen molar-refractivity contribution in [2.45, 2.75) is 38.9 Å². The van der Waals surface area contributed by atoms with E-state index in [0.29, 0.717) is 12.5 Å². The molecule has 1 saturated carbocycles. The van der Waals surface area contributed by atoms with Crippen molar-refractivity contribution in [1.29, 1.82) is 0 Å². The van der Waals surface area contributed by atoms with Crippen LogP contribution in [0.2, 0.25) is 0 Å². The number of benzene rings is 1. The first-order valence-electron chi connectivity index (χ1n) is 8.77. The second-order valence-electron chi connectivity index (χ2n) is 7.04. The lowest BCUT2D eigenvalue weighted by Crippen LogP contribution is -2.42. The maximum atomic E-state index is 12.6. The summed E-state index contributed by atoms with van der Waals surface area (Å²) in [6.07, 6.45) is 6.26. The highest BCUT2D eigenvalue weighted by atomic mass is 16.2. The number of nitrogens with one attached hydrogen (secondary N) is 1. The molecule has 126 valence electrons. The van der Waals surface area contributed by atoms with E-state index in [1.807, 2.05) is 12.4 Å². The molecule has 1 aliphatic carbocycles. The molecule has 5 nitrogen and oxygen atoms in total. The van der Waals surface area contributed by atoms with Gasteiger partial charge in [-0.15, -0.1) is 0 Å². The molecule has 1 amide bonds. The molecule has 2 heterocycles. The standard InChI is InChI=1S/C19H24N4O/c1-14-2-4-15(5-3-14)19(16-6-7-16)21-18(24)13-22-10-11-23-9-8-20-17(23)12-22/h2-5,8-9,16,19H,6-7,10-13H2,1H3,(H,21,24). The summed E-state index contributed by atoms with van der Waals surface area (Å²) in [4.78, 5) is 19.1. The molecule has 0 spiro atoms. The van der Waals surface area contributed by atoms with Gasteiger partial charge in [0.05, 0.1) is 19.1 Å². The van der Waals surface area contributed by atoms with Crippen LogP contribution in [0.15, 0.2) is 36.7 Å². The first-order chi connectivity index (χ1) is 11.7. The van der Waals surface area contributed by atoms with Crippen molar-refractivity contribution < 1.29 is 4.79 Å². The Bertz CT molecular complexity index is 717. The Labute approximate surface area is 142 Å². The molecule has 1 aromatic heterocycles. The minimum Gasteiger partial charge on any atom is -0.348 e. The minimum absolute atomic E-state index is 0.118. The molecule has 4 rings (SSSR count). The van der Waals surface area contributed by atoms with Crippen LogP contribution in [0.5, 0.6) is 0 Å². The number of imidazole rings is 1. The van der Waals surface area contributed by atoms with E-state index in [2.05, 4.69) is 51.0 Å². The number of carbonyl (C=O) groups excluding carboxylic acids is 1. The van der Waals surface area contributed by atoms with Gasteiger partial charge in [-0.05, 0) is 31.2 Å². The molecular formula is C19H24N4O. The highest BCUT2D eigenvalue weighted by Crippen LogP contribution is 2.41. The summed E-state index contributed by atoms with van der Waals surface area (Å²) in [6.45, 7) is 5.09. The average Bonchev–Trinajstić information content (AvgIpc) is 3.31. The highest BCUT2D eigenvalue weighted by molar-refractivity contribution is 5.78. The Morgan fingerprint density at radius 1 is 1.29 bits per heavy atom. The zero-order valence-corrected chi connectivity index (χ0v) is 14.1. The topological polar surface area (TPSA) is 50.2 Å². The van der Waals surface area contributed by atoms with Gasteiger partial charge in [-0.3, -0.25) is 9.69 Å². The normalized spacial score (nSPS) is 18.9. The van der Waals surface area contributed by atoms with Gasteiger partial charge in [0.25, 0.3) is 0 Å². The number of aromatic nitrogens is 2. The molecule has 1 unspecified atom stereocenters. The molecule has 1 fully saturated rings. The third-order valence-electron chi connectivity index (χ3n) is 5.04. The lowest BCUT2D eigenvalue weighted by atomic mass is 10.0. The summed E-state index contributed by atoms with van der Waals surface area (Å²) in [5, 5.41) is 3.27. The summed E-state index contributed by atoms with van der Waals surface area (Å²) < 4.78 is 2.16. The summed E-state index contributed by atoms with van der Waals surface area (Å²) in [7, 11) is 0. The van der Waals surface area contributed by atoms with Crippen LogP contribution < -0.4 is 5.32 Å². The number of carbonyl (C=O) groups is 1. The number of hydrogen-bond acceptors (Lipinski definition) is 3. The van der Waals surface area contributed by atoms with Crippen molar-refractivity contribution in [3.05, 3.63) is 53.6 Å². The van der Waals surface area contributed by atoms with E-state index in [0.717, 1.165) is 25.5 Å². The van der Waals surface area contributed by atoms with Crippen LogP contribution in [-0.2, 0) is 17.9 Å². The largest absolute Gasteiger partial charge is 0.348 e. The van der Waals surface area contributed by atoms with Gasteiger partial charge in [-0.1, -0.05) is 29.8 Å². The van der Waals surface area contributed by atoms with Gasteiger partial charge in [0.15, 0.2) is 0 Å². The third-order valence-corrected chi connectivity index (χ3v) is 5.04. The average molecular weight is 324 g/mol. The molecule has 1 aromatic carbocycles. The van der Waals surface area contributed by atoms with Crippen molar-refractivity contribution in [2.75, 3.05) is 13.1 Å². The molecule has 0 bridgehead atoms. The monoisotopic (exact) mass is 324 g/mol. The predicted octanol–water partition coefficient (Wildman–Crippen LogP) is 2.27. The Balaban J connectivity index is 1.38. The number of hydrogen-bond donors (Lipinski definition) is 1. The predicted molar refractivity (Wildman–Crippen MR) is 92.3 cm³/mol. The molecular weight excluding hydrogens is 300 g/mol. The molecule has 0 saturated heterocycles. The van der Waals surface area contributed by atoms with Crippen LogP contribution in [0.4, 0.5) is 0 Å². The van der Waals surface area contributed by atoms with Gasteiger partial charge >= 0.3 is 0 Å². The minimum atomic E-state index is 0.118. The Hall–Kier alpha value is -2.14. The number of rotatable bonds is 5. The molecule has 0 radical (unpaired) electrons. The Morgan fingerprint density at radius 3 is 2.83 bits per heavy atom. The zero-order valence-electron chi connectivity index (χ0n) is 14.1. The van der Waals surface area contributed by atoms with Crippen molar-refractivity contribution in [3.63, 3.8) is 0 Å². The maximum Gasteiger partial charge on any atom is 0.234 e. The van der Waals surface area contributed by atoms with Gasteiger partial charge in [0.1, 0.15) is 5.82 Å². The third kappa shape index (κ3) is 3.36. The summed E-state index contributed by atoms with van der Waals surface area (Å²) >= 11 is 0. The maximum absolute atomic E-state index is 12.6. The van der Waals surface area contributed by atoms with Gasteiger partial charge in [0.2, 0.25) is 5.91 Å². The summed E-state index contributed by atoms with van der Waals surface area (Å²) in [5.74, 6) is 1.76. The molecule has 2 aliphatic rings. The fraction of sp³-hybridized carbons (Fsp3) is 0.474. The van der Waals surface area contributed by atoms with Gasteiger partial charge < -0.3 is 9.88 Å². The van der Waals surface area contributed by atoms with Crippen LogP contribution in [0.25, 0.3) is 0 Å². The second kappa shape index (κ2) is 6.40. The van der Waals surface area contributed by atoms with E-state index in [-0.39, 0.29) is 11.9 Å². The zero-order chi connectivity index (χ0) is 16.5. The van der Waals surface area contributed by atoms with Crippen LogP contribution in [0.3, 0.4) is 0 Å². The fourth-order valence-corrected chi connectivity index (χ4v) is 3.46. The molecule has 2 aromatic rings. The number of amides is 1. The number of fused-ring (bicyclic) bond motifs is 1. The smallest absolute Gasteiger partial charge is 0.234 e. The van der Waals surface area contributed by atoms with E-state index < -0.39 is 0 Å². The van der Waals surface area contributed by atoms with E-state index >= 15 is 0 Å². The molecule has 1 aliphatic heterocycles. The molecule has 1 N–H and O–H groups in total. The Kier molecular flexibility index (Phi) is 4.10. The van der Waals surface area contributed by atoms with Gasteiger partial charge in [-0.25, -0.2) is 4.98 Å². The fourth-order valence-electron chi connectivity index (χ4n) is 3.46. The van der Waals surface area contributed by atoms with E-state index in [1.165, 1.54) is 24.0 Å². The number of aryl methyl sites for hydroxylation is 1. The lowest BCUT2D eigenvalue weighted by Gasteiger charge is -2.28. The van der Waals surface area contributed by atoms with Gasteiger partial charge in [0, 0.05) is 25.5 Å².